The molecular weight excluding hydrogens is 537 g/mol. The average molecular weight is 579 g/mol. The minimum atomic E-state index is -4.19. The third kappa shape index (κ3) is 5.79. The lowest BCUT2D eigenvalue weighted by atomic mass is 9.71. The Hall–Kier alpha value is -2.82. The summed E-state index contributed by atoms with van der Waals surface area (Å²) >= 11 is 0. The lowest BCUT2D eigenvalue weighted by Crippen LogP contribution is -2.63. The van der Waals surface area contributed by atoms with Gasteiger partial charge in [0.15, 0.2) is 11.3 Å². The molecule has 4 heterocycles. The zero-order valence-corrected chi connectivity index (χ0v) is 24.8. The summed E-state index contributed by atoms with van der Waals surface area (Å²) in [5.74, 6) is -1.02. The maximum absolute atomic E-state index is 13.8. The number of anilines is 1. The summed E-state index contributed by atoms with van der Waals surface area (Å²) in [6.45, 7) is 13.3. The summed E-state index contributed by atoms with van der Waals surface area (Å²) in [5, 5.41) is 10.1. The minimum absolute atomic E-state index is 0.0197. The Kier molecular flexibility index (Phi) is 7.15. The monoisotopic (exact) mass is 578 g/mol. The summed E-state index contributed by atoms with van der Waals surface area (Å²) in [4.78, 5) is 36.9. The molecule has 0 radical (unpaired) electrons. The second-order valence-corrected chi connectivity index (χ2v) is 14.0. The molecule has 226 valence electrons. The number of hydrogen-bond acceptors (Lipinski definition) is 6. The van der Waals surface area contributed by atoms with Crippen molar-refractivity contribution in [3.8, 4) is 0 Å². The van der Waals surface area contributed by atoms with Crippen molar-refractivity contribution < 1.29 is 32.3 Å². The van der Waals surface area contributed by atoms with E-state index in [9.17, 15) is 27.9 Å². The number of fused-ring (bicyclic) bond motifs is 1. The van der Waals surface area contributed by atoms with Crippen molar-refractivity contribution in [1.29, 1.82) is 0 Å². The Morgan fingerprint density at radius 1 is 1.02 bits per heavy atom. The average Bonchev–Trinajstić information content (AvgIpc) is 3.28. The maximum atomic E-state index is 13.8. The quantitative estimate of drug-likeness (QED) is 0.544. The van der Waals surface area contributed by atoms with Crippen LogP contribution in [-0.4, -0.2) is 81.7 Å². The SMILES string of the molecule is CC1(O)CC(C(=O)N2CCN(C(=O)c3cc4nc(N5CCC(C(F)(F)F)CC5)cc(C(C)(C)C)c4o3)C(C)(C)C2)C1. The van der Waals surface area contributed by atoms with Gasteiger partial charge in [-0.25, -0.2) is 4.98 Å². The Bertz CT molecular complexity index is 1330. The van der Waals surface area contributed by atoms with Gasteiger partial charge in [0.2, 0.25) is 5.91 Å². The smallest absolute Gasteiger partial charge is 0.391 e. The van der Waals surface area contributed by atoms with Crippen molar-refractivity contribution >= 4 is 28.7 Å². The molecule has 2 aliphatic heterocycles. The molecule has 8 nitrogen and oxygen atoms in total. The summed E-state index contributed by atoms with van der Waals surface area (Å²) in [6, 6.07) is 3.50. The fourth-order valence-corrected chi connectivity index (χ4v) is 6.56. The van der Waals surface area contributed by atoms with E-state index in [1.165, 1.54) is 0 Å². The van der Waals surface area contributed by atoms with Gasteiger partial charge in [0.1, 0.15) is 11.3 Å². The molecule has 11 heteroatoms. The Morgan fingerprint density at radius 2 is 1.66 bits per heavy atom. The van der Waals surface area contributed by atoms with Gasteiger partial charge >= 0.3 is 6.18 Å². The first-order valence-corrected chi connectivity index (χ1v) is 14.5. The fourth-order valence-electron chi connectivity index (χ4n) is 6.56. The van der Waals surface area contributed by atoms with Crippen LogP contribution in [0, 0.1) is 11.8 Å². The number of carbonyl (C=O) groups is 2. The molecule has 2 aromatic heterocycles. The van der Waals surface area contributed by atoms with Crippen molar-refractivity contribution in [1.82, 2.24) is 14.8 Å². The van der Waals surface area contributed by atoms with E-state index in [2.05, 4.69) is 0 Å². The highest BCUT2D eigenvalue weighted by Crippen LogP contribution is 2.40. The molecule has 2 saturated heterocycles. The van der Waals surface area contributed by atoms with Crippen LogP contribution < -0.4 is 4.90 Å². The molecule has 3 fully saturated rings. The van der Waals surface area contributed by atoms with Crippen LogP contribution in [0.25, 0.3) is 11.1 Å². The van der Waals surface area contributed by atoms with Gasteiger partial charge in [-0.2, -0.15) is 13.2 Å². The van der Waals surface area contributed by atoms with Crippen LogP contribution in [-0.2, 0) is 10.2 Å². The van der Waals surface area contributed by atoms with E-state index in [1.807, 2.05) is 45.6 Å². The molecule has 41 heavy (non-hydrogen) atoms. The van der Waals surface area contributed by atoms with Crippen molar-refractivity contribution in [2.24, 2.45) is 11.8 Å². The number of hydrogen-bond donors (Lipinski definition) is 1. The van der Waals surface area contributed by atoms with Gasteiger partial charge < -0.3 is 24.2 Å². The molecule has 2 amide bonds. The molecule has 2 aromatic rings. The second-order valence-electron chi connectivity index (χ2n) is 14.0. The summed E-state index contributed by atoms with van der Waals surface area (Å²) in [7, 11) is 0. The van der Waals surface area contributed by atoms with Crippen LogP contribution in [0.3, 0.4) is 0 Å². The summed E-state index contributed by atoms with van der Waals surface area (Å²) in [5.41, 5.74) is 0.0329. The Labute approximate surface area is 238 Å². The second kappa shape index (κ2) is 9.88. The number of halogens is 3. The normalized spacial score (nSPS) is 25.9. The molecule has 1 N–H and O–H groups in total. The van der Waals surface area contributed by atoms with Gasteiger partial charge in [-0.1, -0.05) is 20.8 Å². The first kappa shape index (κ1) is 29.7. The number of amides is 2. The molecule has 5 rings (SSSR count). The molecule has 1 saturated carbocycles. The molecule has 0 spiro atoms. The number of piperidine rings is 1. The van der Waals surface area contributed by atoms with Gasteiger partial charge in [-0.3, -0.25) is 9.59 Å². The number of pyridine rings is 1. The van der Waals surface area contributed by atoms with E-state index >= 15 is 0 Å². The molecule has 0 aromatic carbocycles. The zero-order chi connectivity index (χ0) is 30.1. The van der Waals surface area contributed by atoms with E-state index in [-0.39, 0.29) is 54.8 Å². The lowest BCUT2D eigenvalue weighted by molar-refractivity contribution is -0.179. The van der Waals surface area contributed by atoms with E-state index in [0.29, 0.717) is 49.4 Å². The van der Waals surface area contributed by atoms with Gasteiger partial charge in [0.25, 0.3) is 5.91 Å². The number of nitrogens with zero attached hydrogens (tertiary/aromatic N) is 4. The Morgan fingerprint density at radius 3 is 2.20 bits per heavy atom. The standard InChI is InChI=1S/C30H41F3N4O4/c1-27(2,3)20-13-23(35-9-7-19(8-10-35)30(31,32)33)34-21-14-22(41-24(20)21)26(39)37-12-11-36(17-28(37,4)5)25(38)18-15-29(6,40)16-18/h13-14,18-19,40H,7-12,15-17H2,1-6H3. The van der Waals surface area contributed by atoms with Crippen LogP contribution >= 0.6 is 0 Å². The number of aliphatic hydroxyl groups is 1. The summed E-state index contributed by atoms with van der Waals surface area (Å²) in [6.07, 6.45) is -3.24. The third-order valence-corrected chi connectivity index (χ3v) is 8.95. The molecule has 0 bridgehead atoms. The predicted molar refractivity (Wildman–Crippen MR) is 149 cm³/mol. The number of aromatic nitrogens is 1. The highest BCUT2D eigenvalue weighted by atomic mass is 19.4. The number of carbonyl (C=O) groups excluding carboxylic acids is 2. The van der Waals surface area contributed by atoms with Crippen molar-refractivity contribution in [3.05, 3.63) is 23.5 Å². The first-order valence-electron chi connectivity index (χ1n) is 14.5. The number of furan rings is 1. The van der Waals surface area contributed by atoms with Crippen molar-refractivity contribution in [2.45, 2.75) is 90.0 Å². The maximum Gasteiger partial charge on any atom is 0.391 e. The highest BCUT2D eigenvalue weighted by molar-refractivity contribution is 5.97. The molecule has 1 aliphatic carbocycles. The van der Waals surface area contributed by atoms with Crippen LogP contribution in [0.4, 0.5) is 19.0 Å². The number of alkyl halides is 3. The third-order valence-electron chi connectivity index (χ3n) is 8.95. The first-order chi connectivity index (χ1) is 18.9. The predicted octanol–water partition coefficient (Wildman–Crippen LogP) is 5.13. The van der Waals surface area contributed by atoms with Gasteiger partial charge in [-0.05, 0) is 57.9 Å². The topological polar surface area (TPSA) is 90.1 Å². The molecule has 0 unspecified atom stereocenters. The van der Waals surface area contributed by atoms with Gasteiger partial charge in [0.05, 0.1) is 17.1 Å². The number of piperazine rings is 1. The highest BCUT2D eigenvalue weighted by Gasteiger charge is 2.47. The lowest BCUT2D eigenvalue weighted by Gasteiger charge is -2.49. The summed E-state index contributed by atoms with van der Waals surface area (Å²) < 4.78 is 45.8. The van der Waals surface area contributed by atoms with Crippen molar-refractivity contribution in [2.75, 3.05) is 37.6 Å². The van der Waals surface area contributed by atoms with E-state index in [0.717, 1.165) is 5.56 Å². The molecule has 3 aliphatic rings. The zero-order valence-electron chi connectivity index (χ0n) is 24.8. The number of rotatable bonds is 3. The Balaban J connectivity index is 1.37. The van der Waals surface area contributed by atoms with Crippen molar-refractivity contribution in [3.63, 3.8) is 0 Å². The van der Waals surface area contributed by atoms with Crippen LogP contribution in [0.5, 0.6) is 0 Å². The largest absolute Gasteiger partial charge is 0.449 e. The fraction of sp³-hybridized carbons (Fsp3) is 0.700. The van der Waals surface area contributed by atoms with Crippen LogP contribution in [0.1, 0.15) is 83.3 Å². The van der Waals surface area contributed by atoms with E-state index < -0.39 is 23.2 Å². The van der Waals surface area contributed by atoms with E-state index in [4.69, 9.17) is 9.40 Å². The molecular formula is C30H41F3N4O4. The van der Waals surface area contributed by atoms with Crippen LogP contribution in [0.15, 0.2) is 16.5 Å². The molecule has 0 atom stereocenters. The minimum Gasteiger partial charge on any atom is -0.449 e. The van der Waals surface area contributed by atoms with Crippen LogP contribution in [0.2, 0.25) is 0 Å². The van der Waals surface area contributed by atoms with E-state index in [1.54, 1.807) is 22.8 Å². The van der Waals surface area contributed by atoms with Gasteiger partial charge in [-0.15, -0.1) is 0 Å². The van der Waals surface area contributed by atoms with Gasteiger partial charge in [0, 0.05) is 50.3 Å².